The molecule has 5 atom stereocenters. The van der Waals surface area contributed by atoms with Gasteiger partial charge in [-0.3, -0.25) is 0 Å². The lowest BCUT2D eigenvalue weighted by Crippen LogP contribution is -2.47. The molecule has 0 aromatic heterocycles. The Balaban J connectivity index is 1.71. The van der Waals surface area contributed by atoms with Crippen molar-refractivity contribution in [3.8, 4) is 0 Å². The van der Waals surface area contributed by atoms with Crippen molar-refractivity contribution < 1.29 is 14.6 Å². The van der Waals surface area contributed by atoms with Crippen LogP contribution in [-0.4, -0.2) is 30.7 Å². The fourth-order valence-corrected chi connectivity index (χ4v) is 5.50. The van der Waals surface area contributed by atoms with Crippen LogP contribution in [-0.2, 0) is 9.47 Å². The molecular formula is C17H24O3. The van der Waals surface area contributed by atoms with Crippen molar-refractivity contribution in [2.24, 2.45) is 23.7 Å². The van der Waals surface area contributed by atoms with E-state index in [0.717, 1.165) is 18.8 Å². The lowest BCUT2D eigenvalue weighted by molar-refractivity contribution is -0.238. The van der Waals surface area contributed by atoms with Gasteiger partial charge in [0.1, 0.15) is 0 Å². The molecule has 0 aromatic carbocycles. The van der Waals surface area contributed by atoms with Gasteiger partial charge in [-0.1, -0.05) is 24.6 Å². The third-order valence-electron chi connectivity index (χ3n) is 6.37. The molecule has 0 amide bonds. The molecule has 3 nitrogen and oxygen atoms in total. The van der Waals surface area contributed by atoms with E-state index in [1.807, 2.05) is 0 Å². The number of hydrogen-bond acceptors (Lipinski definition) is 3. The monoisotopic (exact) mass is 276 g/mol. The van der Waals surface area contributed by atoms with Crippen LogP contribution in [0.25, 0.3) is 0 Å². The number of ether oxygens (including phenoxy) is 2. The minimum absolute atomic E-state index is 0.0689. The summed E-state index contributed by atoms with van der Waals surface area (Å²) in [6.07, 6.45) is 12.4. The summed E-state index contributed by atoms with van der Waals surface area (Å²) in [5.74, 6) is 0.803. The van der Waals surface area contributed by atoms with E-state index in [1.165, 1.54) is 24.8 Å². The van der Waals surface area contributed by atoms with E-state index in [1.54, 1.807) is 14.2 Å². The molecule has 0 heterocycles. The van der Waals surface area contributed by atoms with Gasteiger partial charge in [-0.2, -0.15) is 0 Å². The van der Waals surface area contributed by atoms with E-state index < -0.39 is 11.4 Å². The highest BCUT2D eigenvalue weighted by Crippen LogP contribution is 2.61. The first-order valence-corrected chi connectivity index (χ1v) is 7.87. The first-order chi connectivity index (χ1) is 9.65. The van der Waals surface area contributed by atoms with Crippen molar-refractivity contribution in [2.75, 3.05) is 14.2 Å². The average molecular weight is 276 g/mol. The van der Waals surface area contributed by atoms with Crippen molar-refractivity contribution in [1.82, 2.24) is 0 Å². The third-order valence-corrected chi connectivity index (χ3v) is 6.37. The smallest absolute Gasteiger partial charge is 0.183 e. The molecule has 0 spiro atoms. The molecule has 2 bridgehead atoms. The molecule has 0 radical (unpaired) electrons. The maximum Gasteiger partial charge on any atom is 0.183 e. The molecule has 4 rings (SSSR count). The quantitative estimate of drug-likeness (QED) is 0.636. The van der Waals surface area contributed by atoms with Crippen LogP contribution in [0.3, 0.4) is 0 Å². The molecular weight excluding hydrogens is 252 g/mol. The van der Waals surface area contributed by atoms with Gasteiger partial charge < -0.3 is 14.6 Å². The van der Waals surface area contributed by atoms with Crippen LogP contribution in [0.2, 0.25) is 0 Å². The van der Waals surface area contributed by atoms with Crippen LogP contribution >= 0.6 is 0 Å². The van der Waals surface area contributed by atoms with E-state index in [0.29, 0.717) is 5.92 Å². The molecule has 2 saturated carbocycles. The van der Waals surface area contributed by atoms with E-state index >= 15 is 0 Å². The predicted molar refractivity (Wildman–Crippen MR) is 76.0 cm³/mol. The summed E-state index contributed by atoms with van der Waals surface area (Å²) in [7, 11) is 3.40. The largest absolute Gasteiger partial charge is 0.385 e. The maximum atomic E-state index is 11.4. The van der Waals surface area contributed by atoms with Crippen molar-refractivity contribution in [1.29, 1.82) is 0 Å². The Hall–Kier alpha value is -0.640. The van der Waals surface area contributed by atoms with Crippen LogP contribution in [0.1, 0.15) is 32.1 Å². The Morgan fingerprint density at radius 2 is 2.00 bits per heavy atom. The summed E-state index contributed by atoms with van der Waals surface area (Å²) in [4.78, 5) is 0. The first kappa shape index (κ1) is 13.1. The second-order valence-electron chi connectivity index (χ2n) is 6.92. The number of allylic oxidation sites excluding steroid dienone is 1. The van der Waals surface area contributed by atoms with Gasteiger partial charge in [-0.15, -0.1) is 0 Å². The second kappa shape index (κ2) is 4.19. The van der Waals surface area contributed by atoms with Crippen LogP contribution in [0, 0.1) is 23.7 Å². The normalized spacial score (nSPS) is 47.9. The van der Waals surface area contributed by atoms with E-state index in [-0.39, 0.29) is 11.8 Å². The summed E-state index contributed by atoms with van der Waals surface area (Å²) in [5.41, 5.74) is 0.533. The predicted octanol–water partition coefficient (Wildman–Crippen LogP) is 2.66. The fraction of sp³-hybridized carbons (Fsp3) is 0.765. The maximum absolute atomic E-state index is 11.4. The van der Waals surface area contributed by atoms with E-state index in [2.05, 4.69) is 18.2 Å². The van der Waals surface area contributed by atoms with Gasteiger partial charge in [0.15, 0.2) is 5.79 Å². The molecule has 2 fully saturated rings. The van der Waals surface area contributed by atoms with Gasteiger partial charge in [0.2, 0.25) is 0 Å². The molecule has 4 aliphatic rings. The van der Waals surface area contributed by atoms with Crippen molar-refractivity contribution >= 4 is 0 Å². The summed E-state index contributed by atoms with van der Waals surface area (Å²) < 4.78 is 11.5. The topological polar surface area (TPSA) is 38.7 Å². The number of aliphatic hydroxyl groups is 1. The summed E-state index contributed by atoms with van der Waals surface area (Å²) in [6, 6.07) is 0. The molecule has 0 aromatic rings. The molecule has 4 aliphatic carbocycles. The molecule has 110 valence electrons. The Kier molecular flexibility index (Phi) is 2.73. The van der Waals surface area contributed by atoms with Crippen molar-refractivity contribution in [3.05, 3.63) is 23.8 Å². The zero-order valence-corrected chi connectivity index (χ0v) is 12.3. The summed E-state index contributed by atoms with van der Waals surface area (Å²) >= 11 is 0. The van der Waals surface area contributed by atoms with E-state index in [9.17, 15) is 5.11 Å². The third kappa shape index (κ3) is 1.36. The SMILES string of the molecule is COC1(OC)C2C=CC1C(O)(C1=CCC3CCCC13)C2. The van der Waals surface area contributed by atoms with Crippen molar-refractivity contribution in [3.63, 3.8) is 0 Å². The van der Waals surface area contributed by atoms with Crippen LogP contribution in [0.4, 0.5) is 0 Å². The molecule has 1 N–H and O–H groups in total. The molecule has 3 heteroatoms. The van der Waals surface area contributed by atoms with Gasteiger partial charge in [0.05, 0.1) is 11.5 Å². The minimum atomic E-state index is -0.755. The highest BCUT2D eigenvalue weighted by Gasteiger charge is 2.66. The lowest BCUT2D eigenvalue weighted by Gasteiger charge is -2.38. The van der Waals surface area contributed by atoms with Gasteiger partial charge in [0, 0.05) is 20.1 Å². The Morgan fingerprint density at radius 1 is 1.20 bits per heavy atom. The fourth-order valence-electron chi connectivity index (χ4n) is 5.50. The summed E-state index contributed by atoms with van der Waals surface area (Å²) in [5, 5.41) is 11.4. The van der Waals surface area contributed by atoms with Crippen LogP contribution in [0.5, 0.6) is 0 Å². The Morgan fingerprint density at radius 3 is 2.70 bits per heavy atom. The highest BCUT2D eigenvalue weighted by atomic mass is 16.7. The number of rotatable bonds is 3. The molecule has 0 saturated heterocycles. The highest BCUT2D eigenvalue weighted by molar-refractivity contribution is 5.38. The van der Waals surface area contributed by atoms with Crippen LogP contribution < -0.4 is 0 Å². The first-order valence-electron chi connectivity index (χ1n) is 7.87. The van der Waals surface area contributed by atoms with Crippen molar-refractivity contribution in [2.45, 2.75) is 43.5 Å². The zero-order valence-electron chi connectivity index (χ0n) is 12.3. The van der Waals surface area contributed by atoms with Gasteiger partial charge in [-0.25, -0.2) is 0 Å². The number of methoxy groups -OCH3 is 2. The van der Waals surface area contributed by atoms with Crippen LogP contribution in [0.15, 0.2) is 23.8 Å². The Labute approximate surface area is 120 Å². The zero-order chi connectivity index (χ0) is 14.0. The average Bonchev–Trinajstić information content (AvgIpc) is 3.15. The standard InChI is InChI=1S/C17H24O3/c1-19-17(20-2)12-7-9-15(17)16(18,10-12)14-8-6-11-4-3-5-13(11)14/h7-9,11-13,15,18H,3-6,10H2,1-2H3. The molecule has 20 heavy (non-hydrogen) atoms. The number of fused-ring (bicyclic) bond motifs is 3. The summed E-state index contributed by atoms with van der Waals surface area (Å²) in [6.45, 7) is 0. The number of hydrogen-bond donors (Lipinski definition) is 1. The lowest BCUT2D eigenvalue weighted by atomic mass is 9.75. The van der Waals surface area contributed by atoms with Gasteiger partial charge in [0.25, 0.3) is 0 Å². The van der Waals surface area contributed by atoms with E-state index in [4.69, 9.17) is 9.47 Å². The second-order valence-corrected chi connectivity index (χ2v) is 6.92. The van der Waals surface area contributed by atoms with Gasteiger partial charge >= 0.3 is 0 Å². The molecule has 5 unspecified atom stereocenters. The Bertz CT molecular complexity index is 477. The molecule has 0 aliphatic heterocycles. The minimum Gasteiger partial charge on any atom is -0.385 e. The van der Waals surface area contributed by atoms with Gasteiger partial charge in [-0.05, 0) is 43.1 Å².